The molecule has 3 fully saturated rings. The van der Waals surface area contributed by atoms with Crippen LogP contribution in [0.5, 0.6) is 5.75 Å². The number of benzene rings is 2. The van der Waals surface area contributed by atoms with E-state index in [0.717, 1.165) is 87.6 Å². The Kier molecular flexibility index (Phi) is 11.6. The summed E-state index contributed by atoms with van der Waals surface area (Å²) < 4.78 is 42.9. The number of methoxy groups -OCH3 is 1. The van der Waals surface area contributed by atoms with Gasteiger partial charge < -0.3 is 14.4 Å². The van der Waals surface area contributed by atoms with Gasteiger partial charge in [0.15, 0.2) is 0 Å². The molecule has 0 aromatic heterocycles. The fourth-order valence-electron chi connectivity index (χ4n) is 9.35. The summed E-state index contributed by atoms with van der Waals surface area (Å²) in [6, 6.07) is 11.9. The van der Waals surface area contributed by atoms with Crippen LogP contribution in [0.4, 0.5) is 5.69 Å². The number of allylic oxidation sites excluding steroid dienone is 1. The second-order valence-corrected chi connectivity index (χ2v) is 18.6. The molecule has 2 aromatic carbocycles. The Labute approximate surface area is 316 Å². The van der Waals surface area contributed by atoms with Gasteiger partial charge in [0.05, 0.1) is 10.9 Å². The number of nitrogens with zero attached hydrogens (tertiary/aromatic N) is 3. The number of aryl methyl sites for hydroxylation is 1. The van der Waals surface area contributed by atoms with Gasteiger partial charge >= 0.3 is 0 Å². The number of piperidine rings is 1. The number of fused-ring (bicyclic) bond motifs is 4. The molecule has 1 aliphatic carbocycles. The lowest BCUT2D eigenvalue weighted by Crippen LogP contribution is -2.61. The summed E-state index contributed by atoms with van der Waals surface area (Å²) in [7, 11) is -2.08. The summed E-state index contributed by atoms with van der Waals surface area (Å²) in [5, 5.41) is -0.0446. The van der Waals surface area contributed by atoms with E-state index in [9.17, 15) is 13.2 Å². The molecule has 284 valence electrons. The smallest absolute Gasteiger partial charge is 0.264 e. The third kappa shape index (κ3) is 8.07. The summed E-state index contributed by atoms with van der Waals surface area (Å²) in [6.45, 7) is 10.8. The molecular formula is C41H57ClN4O5S. The Bertz CT molecular complexity index is 1740. The van der Waals surface area contributed by atoms with E-state index in [1.165, 1.54) is 31.4 Å². The zero-order chi connectivity index (χ0) is 36.5. The van der Waals surface area contributed by atoms with Gasteiger partial charge in [0.1, 0.15) is 18.0 Å². The van der Waals surface area contributed by atoms with Gasteiger partial charge in [-0.2, -0.15) is 0 Å². The minimum atomic E-state index is -3.95. The van der Waals surface area contributed by atoms with Crippen LogP contribution in [-0.4, -0.2) is 93.9 Å². The number of amides is 1. The van der Waals surface area contributed by atoms with Gasteiger partial charge in [-0.3, -0.25) is 14.6 Å². The zero-order valence-electron chi connectivity index (χ0n) is 31.2. The highest BCUT2D eigenvalue weighted by Crippen LogP contribution is 2.47. The van der Waals surface area contributed by atoms with Crippen molar-refractivity contribution in [3.05, 3.63) is 70.3 Å². The molecule has 2 saturated heterocycles. The Morgan fingerprint density at radius 1 is 0.962 bits per heavy atom. The average Bonchev–Trinajstić information content (AvgIpc) is 3.15. The summed E-state index contributed by atoms with van der Waals surface area (Å²) in [5.41, 5.74) is 2.93. The molecule has 4 aliphatic heterocycles. The molecule has 5 aliphatic rings. The van der Waals surface area contributed by atoms with E-state index >= 15 is 0 Å². The first-order valence-corrected chi connectivity index (χ1v) is 21.5. The first-order chi connectivity index (χ1) is 25.0. The summed E-state index contributed by atoms with van der Waals surface area (Å²) in [5.74, 6) is 0.529. The lowest BCUT2D eigenvalue weighted by atomic mass is 9.63. The number of ether oxygens (including phenoxy) is 2. The van der Waals surface area contributed by atoms with Crippen LogP contribution < -0.4 is 14.4 Å². The molecule has 1 saturated carbocycles. The highest BCUT2D eigenvalue weighted by atomic mass is 35.5. The van der Waals surface area contributed by atoms with Crippen molar-refractivity contribution < 1.29 is 22.7 Å². The molecule has 9 nitrogen and oxygen atoms in total. The molecule has 4 heterocycles. The minimum Gasteiger partial charge on any atom is -0.487 e. The van der Waals surface area contributed by atoms with Crippen molar-refractivity contribution >= 4 is 33.2 Å². The highest BCUT2D eigenvalue weighted by molar-refractivity contribution is 7.90. The van der Waals surface area contributed by atoms with Crippen LogP contribution in [0.1, 0.15) is 86.7 Å². The van der Waals surface area contributed by atoms with E-state index in [1.54, 1.807) is 13.0 Å². The zero-order valence-corrected chi connectivity index (χ0v) is 32.8. The van der Waals surface area contributed by atoms with Gasteiger partial charge in [0.2, 0.25) is 10.0 Å². The number of nitrogens with one attached hydrogen (secondary N) is 1. The van der Waals surface area contributed by atoms with Crippen molar-refractivity contribution in [1.29, 1.82) is 0 Å². The van der Waals surface area contributed by atoms with E-state index < -0.39 is 26.8 Å². The molecule has 2 aromatic rings. The number of hydrogen-bond acceptors (Lipinski definition) is 8. The van der Waals surface area contributed by atoms with Crippen LogP contribution in [0.3, 0.4) is 0 Å². The van der Waals surface area contributed by atoms with Crippen molar-refractivity contribution in [3.8, 4) is 5.75 Å². The standard InChI is InChI=1S/C41H57ClN4O5S/c1-29-9-8-18-41(50-3,28-44-21-22-45-19-7-5-11-36(45)26-44)37-16-13-33(37)25-46-20-6-4-10-31-23-35(42)15-12-34(31)27-51-39-17-14-32(24-38(39)46)40(47)43-52(48,49)30(29)2/h8,12,14-15,17-18,23-24,29-30,33,36-37H,4-7,9-11,13,16,19-22,25-28H2,1-3H3,(H,43,47)/b18-8+/t29-,30+,33-,36-,37+,41+/m0/s1. The third-order valence-electron chi connectivity index (χ3n) is 12.9. The summed E-state index contributed by atoms with van der Waals surface area (Å²) in [4.78, 5) is 21.3. The molecule has 1 N–H and O–H groups in total. The van der Waals surface area contributed by atoms with Crippen molar-refractivity contribution in [1.82, 2.24) is 14.5 Å². The number of hydrogen-bond donors (Lipinski definition) is 1. The van der Waals surface area contributed by atoms with E-state index in [0.29, 0.717) is 42.2 Å². The lowest BCUT2D eigenvalue weighted by Gasteiger charge is -2.53. The average molecular weight is 753 g/mol. The molecule has 0 spiro atoms. The maximum Gasteiger partial charge on any atom is 0.264 e. The first kappa shape index (κ1) is 37.7. The van der Waals surface area contributed by atoms with Crippen LogP contribution in [0.2, 0.25) is 5.02 Å². The molecule has 1 amide bonds. The summed E-state index contributed by atoms with van der Waals surface area (Å²) >= 11 is 6.41. The number of carbonyl (C=O) groups is 1. The van der Waals surface area contributed by atoms with E-state index in [4.69, 9.17) is 21.1 Å². The predicted molar refractivity (Wildman–Crippen MR) is 208 cm³/mol. The second kappa shape index (κ2) is 16.0. The van der Waals surface area contributed by atoms with E-state index in [-0.39, 0.29) is 5.92 Å². The van der Waals surface area contributed by atoms with E-state index in [1.807, 2.05) is 44.4 Å². The normalized spacial score (nSPS) is 32.4. The monoisotopic (exact) mass is 752 g/mol. The van der Waals surface area contributed by atoms with Gasteiger partial charge in [-0.1, -0.05) is 43.2 Å². The van der Waals surface area contributed by atoms with Crippen LogP contribution >= 0.6 is 11.6 Å². The van der Waals surface area contributed by atoms with Crippen molar-refractivity contribution in [2.75, 3.05) is 57.8 Å². The molecule has 0 unspecified atom stereocenters. The van der Waals surface area contributed by atoms with Gasteiger partial charge in [-0.25, -0.2) is 13.1 Å². The minimum absolute atomic E-state index is 0.207. The second-order valence-electron chi connectivity index (χ2n) is 16.1. The molecule has 11 heteroatoms. The molecule has 2 bridgehead atoms. The molecule has 52 heavy (non-hydrogen) atoms. The molecule has 6 atom stereocenters. The van der Waals surface area contributed by atoms with Gasteiger partial charge in [0, 0.05) is 63.0 Å². The Morgan fingerprint density at radius 2 is 1.81 bits per heavy atom. The number of piperazine rings is 1. The SMILES string of the molecule is CO[C@@]1(CN2CCN3CCCC[C@H]3C2)/C=C/C[C@H](C)[C@@H](C)S(=O)(=O)NC(=O)c2ccc3c(c2)N(CCCCc2cc(Cl)ccc2CO3)C[C@@H]2CC[C@H]21. The third-order valence-corrected chi connectivity index (χ3v) is 15.1. The maximum atomic E-state index is 13.6. The van der Waals surface area contributed by atoms with Crippen molar-refractivity contribution in [2.24, 2.45) is 17.8 Å². The Balaban J connectivity index is 1.25. The molecule has 7 rings (SSSR count). The number of halogens is 1. The molecular weight excluding hydrogens is 696 g/mol. The number of sulfonamides is 1. The van der Waals surface area contributed by atoms with Crippen LogP contribution in [0.15, 0.2) is 48.6 Å². The first-order valence-electron chi connectivity index (χ1n) is 19.6. The van der Waals surface area contributed by atoms with Crippen molar-refractivity contribution in [3.63, 3.8) is 0 Å². The Morgan fingerprint density at radius 3 is 2.62 bits per heavy atom. The fraction of sp³-hybridized carbons (Fsp3) is 0.634. The van der Waals surface area contributed by atoms with Crippen LogP contribution in [0, 0.1) is 17.8 Å². The van der Waals surface area contributed by atoms with Gasteiger partial charge in [-0.15, -0.1) is 0 Å². The quantitative estimate of drug-likeness (QED) is 0.347. The van der Waals surface area contributed by atoms with Gasteiger partial charge in [0.25, 0.3) is 5.91 Å². The van der Waals surface area contributed by atoms with Crippen molar-refractivity contribution in [2.45, 2.75) is 95.1 Å². The predicted octanol–water partition coefficient (Wildman–Crippen LogP) is 6.69. The lowest BCUT2D eigenvalue weighted by molar-refractivity contribution is -0.1000. The number of rotatable bonds is 3. The fourth-order valence-corrected chi connectivity index (χ4v) is 10.8. The van der Waals surface area contributed by atoms with Crippen LogP contribution in [-0.2, 0) is 27.8 Å². The molecule has 0 radical (unpaired) electrons. The topological polar surface area (TPSA) is 91.4 Å². The number of anilines is 1. The maximum absolute atomic E-state index is 13.6. The van der Waals surface area contributed by atoms with Crippen LogP contribution in [0.25, 0.3) is 0 Å². The van der Waals surface area contributed by atoms with E-state index in [2.05, 4.69) is 31.6 Å². The van der Waals surface area contributed by atoms with Gasteiger partial charge in [-0.05, 0) is 124 Å². The largest absolute Gasteiger partial charge is 0.487 e. The highest BCUT2D eigenvalue weighted by Gasteiger charge is 2.49. The Hall–Kier alpha value is -2.63. The summed E-state index contributed by atoms with van der Waals surface area (Å²) in [6.07, 6.45) is 13.9. The number of carbonyl (C=O) groups excluding carboxylic acids is 1.